The molecule has 0 saturated heterocycles. The minimum atomic E-state index is -0.223. The summed E-state index contributed by atoms with van der Waals surface area (Å²) in [6, 6.07) is 18.9. The fraction of sp³-hybridized carbons (Fsp3) is 0.150. The van der Waals surface area contributed by atoms with Gasteiger partial charge in [0.05, 0.1) is 16.6 Å². The van der Waals surface area contributed by atoms with Gasteiger partial charge in [0.15, 0.2) is 0 Å². The maximum atomic E-state index is 6.38. The van der Waals surface area contributed by atoms with Crippen LogP contribution in [-0.2, 0) is 0 Å². The summed E-state index contributed by atoms with van der Waals surface area (Å²) in [5.74, 6) is 0.935. The predicted molar refractivity (Wildman–Crippen MR) is 112 cm³/mol. The van der Waals surface area contributed by atoms with Crippen LogP contribution in [0.3, 0.4) is 0 Å². The van der Waals surface area contributed by atoms with E-state index < -0.39 is 0 Å². The van der Waals surface area contributed by atoms with Crippen molar-refractivity contribution in [2.75, 3.05) is 0 Å². The summed E-state index contributed by atoms with van der Waals surface area (Å²) in [4.78, 5) is 1.23. The molecule has 0 N–H and O–H groups in total. The number of halogens is 2. The lowest BCUT2D eigenvalue weighted by Crippen LogP contribution is -2.33. The summed E-state index contributed by atoms with van der Waals surface area (Å²) in [7, 11) is 0. The van der Waals surface area contributed by atoms with Crippen molar-refractivity contribution >= 4 is 48.9 Å². The van der Waals surface area contributed by atoms with Gasteiger partial charge in [-0.15, -0.1) is 11.3 Å². The topological polar surface area (TPSA) is 24.8 Å². The van der Waals surface area contributed by atoms with Gasteiger partial charge in [-0.2, -0.15) is 5.10 Å². The molecule has 26 heavy (non-hydrogen) atoms. The van der Waals surface area contributed by atoms with Crippen LogP contribution in [-0.4, -0.2) is 10.7 Å². The van der Waals surface area contributed by atoms with Crippen molar-refractivity contribution in [1.82, 2.24) is 5.01 Å². The van der Waals surface area contributed by atoms with E-state index in [2.05, 4.69) is 72.6 Å². The van der Waals surface area contributed by atoms with E-state index >= 15 is 0 Å². The monoisotopic (exact) mass is 488 g/mol. The molecule has 3 aromatic rings. The summed E-state index contributed by atoms with van der Waals surface area (Å²) in [6.07, 6.45) is 0.666. The van der Waals surface area contributed by atoms with Crippen molar-refractivity contribution in [3.8, 4) is 5.75 Å². The molecule has 130 valence electrons. The van der Waals surface area contributed by atoms with Gasteiger partial charge in [-0.05, 0) is 41.8 Å². The van der Waals surface area contributed by atoms with E-state index in [1.807, 2.05) is 24.3 Å². The standard InChI is InChI=1S/C20H14Br2N2OS/c21-13-5-3-12(4-6-13)20-24-17(11-16(23-24)19-2-1-9-26-19)15-10-14(22)7-8-18(15)25-20/h1-10,17,20H,11H2. The zero-order chi connectivity index (χ0) is 17.7. The molecule has 2 aliphatic heterocycles. The van der Waals surface area contributed by atoms with Gasteiger partial charge < -0.3 is 4.74 Å². The number of fused-ring (bicyclic) bond motifs is 3. The first-order chi connectivity index (χ1) is 12.7. The Morgan fingerprint density at radius 2 is 1.85 bits per heavy atom. The average Bonchev–Trinajstić information content (AvgIpc) is 3.32. The van der Waals surface area contributed by atoms with Crippen molar-refractivity contribution in [3.05, 3.63) is 84.9 Å². The molecule has 0 fully saturated rings. The fourth-order valence-electron chi connectivity index (χ4n) is 3.50. The van der Waals surface area contributed by atoms with E-state index in [1.165, 1.54) is 10.4 Å². The largest absolute Gasteiger partial charge is 0.464 e. The highest BCUT2D eigenvalue weighted by molar-refractivity contribution is 9.10. The van der Waals surface area contributed by atoms with E-state index in [0.717, 1.165) is 32.4 Å². The van der Waals surface area contributed by atoms with Crippen LogP contribution in [0.2, 0.25) is 0 Å². The molecule has 2 aliphatic rings. The second kappa shape index (κ2) is 6.51. The summed E-state index contributed by atoms with van der Waals surface area (Å²) >= 11 is 8.84. The first kappa shape index (κ1) is 16.5. The van der Waals surface area contributed by atoms with E-state index in [9.17, 15) is 0 Å². The number of hydrazone groups is 1. The minimum absolute atomic E-state index is 0.182. The molecule has 0 aliphatic carbocycles. The van der Waals surface area contributed by atoms with E-state index in [-0.39, 0.29) is 12.3 Å². The van der Waals surface area contributed by atoms with Gasteiger partial charge in [0.2, 0.25) is 6.23 Å². The Labute approximate surface area is 172 Å². The average molecular weight is 490 g/mol. The minimum Gasteiger partial charge on any atom is -0.464 e. The Morgan fingerprint density at radius 1 is 1.04 bits per heavy atom. The lowest BCUT2D eigenvalue weighted by Gasteiger charge is -2.38. The van der Waals surface area contributed by atoms with Crippen molar-refractivity contribution in [2.45, 2.75) is 18.7 Å². The molecule has 2 unspecified atom stereocenters. The van der Waals surface area contributed by atoms with Crippen molar-refractivity contribution in [3.63, 3.8) is 0 Å². The second-order valence-corrected chi connectivity index (χ2v) is 9.11. The van der Waals surface area contributed by atoms with E-state index in [4.69, 9.17) is 9.84 Å². The first-order valence-electron chi connectivity index (χ1n) is 8.30. The molecule has 3 heterocycles. The molecule has 0 saturated carbocycles. The molecule has 1 aromatic heterocycles. The maximum Gasteiger partial charge on any atom is 0.213 e. The zero-order valence-electron chi connectivity index (χ0n) is 13.6. The highest BCUT2D eigenvalue weighted by Crippen LogP contribution is 2.48. The number of ether oxygens (including phenoxy) is 1. The summed E-state index contributed by atoms with van der Waals surface area (Å²) in [6.45, 7) is 0. The Balaban J connectivity index is 1.61. The molecule has 6 heteroatoms. The smallest absolute Gasteiger partial charge is 0.213 e. The van der Waals surface area contributed by atoms with Crippen LogP contribution < -0.4 is 4.74 Å². The molecule has 3 nitrogen and oxygen atoms in total. The number of thiophene rings is 1. The quantitative estimate of drug-likeness (QED) is 0.409. The molecule has 2 atom stereocenters. The third-order valence-electron chi connectivity index (χ3n) is 4.71. The highest BCUT2D eigenvalue weighted by Gasteiger charge is 2.41. The van der Waals surface area contributed by atoms with Crippen LogP contribution in [0.4, 0.5) is 0 Å². The second-order valence-electron chi connectivity index (χ2n) is 6.33. The molecule has 0 bridgehead atoms. The van der Waals surface area contributed by atoms with Gasteiger partial charge in [0.25, 0.3) is 0 Å². The SMILES string of the molecule is Brc1ccc(C2Oc3ccc(Br)cc3C3CC(c4cccs4)=NN32)cc1. The molecule has 0 radical (unpaired) electrons. The predicted octanol–water partition coefficient (Wildman–Crippen LogP) is 6.52. The lowest BCUT2D eigenvalue weighted by atomic mass is 9.98. The Kier molecular flexibility index (Phi) is 4.14. The van der Waals surface area contributed by atoms with Crippen LogP contribution in [0.25, 0.3) is 0 Å². The van der Waals surface area contributed by atoms with Gasteiger partial charge >= 0.3 is 0 Å². The Hall–Kier alpha value is -1.63. The fourth-order valence-corrected chi connectivity index (χ4v) is 4.86. The Bertz CT molecular complexity index is 986. The molecule has 5 rings (SSSR count). The van der Waals surface area contributed by atoms with E-state index in [0.29, 0.717) is 0 Å². The van der Waals surface area contributed by atoms with Crippen LogP contribution in [0.1, 0.15) is 34.7 Å². The van der Waals surface area contributed by atoms with Crippen LogP contribution in [0.5, 0.6) is 5.75 Å². The number of hydrogen-bond acceptors (Lipinski definition) is 4. The number of hydrogen-bond donors (Lipinski definition) is 0. The Morgan fingerprint density at radius 3 is 2.62 bits per heavy atom. The van der Waals surface area contributed by atoms with Crippen LogP contribution in [0.15, 0.2) is 74.0 Å². The number of benzene rings is 2. The third-order valence-corrected chi connectivity index (χ3v) is 6.65. The molecule has 2 aromatic carbocycles. The van der Waals surface area contributed by atoms with Gasteiger partial charge in [-0.25, -0.2) is 5.01 Å². The first-order valence-corrected chi connectivity index (χ1v) is 10.8. The van der Waals surface area contributed by atoms with Gasteiger partial charge in [-0.1, -0.05) is 50.1 Å². The van der Waals surface area contributed by atoms with E-state index in [1.54, 1.807) is 11.3 Å². The summed E-state index contributed by atoms with van der Waals surface area (Å²) in [5, 5.41) is 9.19. The maximum absolute atomic E-state index is 6.38. The normalized spacial score (nSPS) is 21.0. The van der Waals surface area contributed by atoms with Gasteiger partial charge in [0, 0.05) is 26.5 Å². The van der Waals surface area contributed by atoms with Crippen molar-refractivity contribution in [1.29, 1.82) is 0 Å². The van der Waals surface area contributed by atoms with Crippen molar-refractivity contribution < 1.29 is 4.74 Å². The van der Waals surface area contributed by atoms with Gasteiger partial charge in [0.1, 0.15) is 5.75 Å². The van der Waals surface area contributed by atoms with Crippen LogP contribution in [0, 0.1) is 0 Å². The highest BCUT2D eigenvalue weighted by atomic mass is 79.9. The lowest BCUT2D eigenvalue weighted by molar-refractivity contribution is -0.0190. The van der Waals surface area contributed by atoms with Crippen molar-refractivity contribution in [2.24, 2.45) is 5.10 Å². The third kappa shape index (κ3) is 2.80. The van der Waals surface area contributed by atoms with Gasteiger partial charge in [-0.3, -0.25) is 0 Å². The molecule has 0 amide bonds. The van der Waals surface area contributed by atoms with Crippen LogP contribution >= 0.6 is 43.2 Å². The molecular formula is C20H14Br2N2OS. The zero-order valence-corrected chi connectivity index (χ0v) is 17.6. The number of nitrogens with zero attached hydrogens (tertiary/aromatic N) is 2. The molecule has 0 spiro atoms. The summed E-state index contributed by atoms with van der Waals surface area (Å²) in [5.41, 5.74) is 3.41. The summed E-state index contributed by atoms with van der Waals surface area (Å²) < 4.78 is 8.50. The number of rotatable bonds is 2. The molecular weight excluding hydrogens is 476 g/mol.